The van der Waals surface area contributed by atoms with Gasteiger partial charge in [-0.1, -0.05) is 83.9 Å². The summed E-state index contributed by atoms with van der Waals surface area (Å²) in [6.45, 7) is 13.3. The Bertz CT molecular complexity index is 4050. The topological polar surface area (TPSA) is 119 Å². The van der Waals surface area contributed by atoms with Crippen LogP contribution in [0, 0.1) is 41.5 Å². The molecular formula is C68H56N8. The van der Waals surface area contributed by atoms with Gasteiger partial charge < -0.3 is 29.9 Å². The second-order valence-corrected chi connectivity index (χ2v) is 20.3. The van der Waals surface area contributed by atoms with Gasteiger partial charge in [0.1, 0.15) is 0 Å². The standard InChI is InChI=1S/C68H56N8/c1-39-35-41(3)61(42(4)36-39)67-57-27-23-53(73-57)65(47-19-15-45(16-20-47)63(49-11-7-31-69-49)50-12-8-32-70-50)55-25-29-59(75-55)68(62-43(5)37-40(2)38-44(62)6)60-30-26-56(76-60)66(54-24-28-58(67)74-54)48-21-17-46(18-22-48)64(51-13-9-33-71-51)52-14-10-34-72-52/h7-38,69,71,73-76H,1-6H3. The van der Waals surface area contributed by atoms with Gasteiger partial charge in [-0.2, -0.15) is 0 Å². The fourth-order valence-electron chi connectivity index (χ4n) is 12.0. The minimum absolute atomic E-state index is 0.926. The molecule has 0 aliphatic carbocycles. The van der Waals surface area contributed by atoms with Crippen molar-refractivity contribution in [2.45, 2.75) is 41.5 Å². The molecular weight excluding hydrogens is 929 g/mol. The number of nitrogens with one attached hydrogen (secondary N) is 6. The molecule has 3 aliphatic rings. The molecule has 10 aromatic rings. The number of H-pyrrole nitrogens is 6. The highest BCUT2D eigenvalue weighted by atomic mass is 14.8. The summed E-state index contributed by atoms with van der Waals surface area (Å²) in [6, 6.07) is 53.2. The van der Waals surface area contributed by atoms with Crippen LogP contribution in [0.15, 0.2) is 204 Å². The van der Waals surface area contributed by atoms with E-state index in [1.165, 1.54) is 44.5 Å². The van der Waals surface area contributed by atoms with E-state index in [2.05, 4.69) is 217 Å². The molecule has 0 saturated heterocycles. The Labute approximate surface area is 441 Å². The van der Waals surface area contributed by atoms with E-state index >= 15 is 0 Å². The highest BCUT2D eigenvalue weighted by Gasteiger charge is 2.23. The Morgan fingerprint density at radius 2 is 0.724 bits per heavy atom. The second-order valence-electron chi connectivity index (χ2n) is 20.3. The lowest BCUT2D eigenvalue weighted by Crippen LogP contribution is -2.20. The Morgan fingerprint density at radius 1 is 0.368 bits per heavy atom. The number of allylic oxidation sites excluding steroid dienone is 4. The number of fused-ring (bicyclic) bond motifs is 8. The minimum atomic E-state index is 0.926. The monoisotopic (exact) mass is 984 g/mol. The Kier molecular flexibility index (Phi) is 11.3. The number of nitrogens with zero attached hydrogens (tertiary/aromatic N) is 2. The van der Waals surface area contributed by atoms with E-state index in [4.69, 9.17) is 9.98 Å². The SMILES string of the molecule is Cc1cc(C)c(C2=c3ccc([nH]3)=C(c3ccc(C(=C4C=CC=N4)c4ccc[nH]4)cc3)c3ccc([nH]3)C(c3c(C)cc(C)cc3C)=c3ccc([nH]3)=C(c3ccc(C(=C4C=CC=N4)c4ccc[nH]4)cc3)c3ccc2[nH]3)c(C)c1. The van der Waals surface area contributed by atoms with Crippen molar-refractivity contribution in [1.82, 2.24) is 29.9 Å². The van der Waals surface area contributed by atoms with E-state index < -0.39 is 0 Å². The number of aliphatic imine (C=N–C) groups is 2. The van der Waals surface area contributed by atoms with Crippen LogP contribution in [0.4, 0.5) is 0 Å². The van der Waals surface area contributed by atoms with Crippen molar-refractivity contribution in [3.63, 3.8) is 0 Å². The quantitative estimate of drug-likeness (QED) is 0.0870. The fraction of sp³-hybridized carbons (Fsp3) is 0.0882. The molecule has 3 aliphatic heterocycles. The molecule has 0 spiro atoms. The molecule has 6 aromatic heterocycles. The molecule has 0 unspecified atom stereocenters. The third-order valence-corrected chi connectivity index (χ3v) is 15.0. The maximum Gasteiger partial charge on any atom is 0.0729 e. The summed E-state index contributed by atoms with van der Waals surface area (Å²) in [4.78, 5) is 32.4. The van der Waals surface area contributed by atoms with Crippen molar-refractivity contribution >= 4 is 45.9 Å². The van der Waals surface area contributed by atoms with E-state index in [1.807, 2.05) is 49.1 Å². The first-order valence-electron chi connectivity index (χ1n) is 26.0. The molecule has 4 aromatic carbocycles. The fourth-order valence-corrected chi connectivity index (χ4v) is 12.0. The average Bonchev–Trinajstić information content (AvgIpc) is 4.26. The van der Waals surface area contributed by atoms with Crippen LogP contribution in [-0.2, 0) is 0 Å². The molecule has 368 valence electrons. The summed E-state index contributed by atoms with van der Waals surface area (Å²) in [5.74, 6) is 0. The Balaban J connectivity index is 1.09. The molecule has 0 atom stereocenters. The van der Waals surface area contributed by atoms with Gasteiger partial charge in [0.2, 0.25) is 0 Å². The second kappa shape index (κ2) is 18.7. The largest absolute Gasteiger partial charge is 0.361 e. The van der Waals surface area contributed by atoms with Crippen LogP contribution in [0.3, 0.4) is 0 Å². The van der Waals surface area contributed by atoms with E-state index in [1.54, 1.807) is 0 Å². The maximum atomic E-state index is 4.73. The molecule has 8 heteroatoms. The zero-order valence-corrected chi connectivity index (χ0v) is 43.4. The molecule has 8 nitrogen and oxygen atoms in total. The normalized spacial score (nSPS) is 15.2. The van der Waals surface area contributed by atoms with E-state index in [0.717, 1.165) is 123 Å². The number of aryl methyl sites for hydroxylation is 6. The van der Waals surface area contributed by atoms with Crippen LogP contribution in [0.1, 0.15) is 101 Å². The Morgan fingerprint density at radius 3 is 1.05 bits per heavy atom. The lowest BCUT2D eigenvalue weighted by atomic mass is 9.92. The van der Waals surface area contributed by atoms with Crippen molar-refractivity contribution in [2.75, 3.05) is 0 Å². The van der Waals surface area contributed by atoms with E-state index in [-0.39, 0.29) is 0 Å². The number of rotatable bonds is 8. The van der Waals surface area contributed by atoms with Crippen LogP contribution in [0.5, 0.6) is 0 Å². The third-order valence-electron chi connectivity index (χ3n) is 15.0. The Hall–Kier alpha value is -9.66. The maximum absolute atomic E-state index is 4.73. The lowest BCUT2D eigenvalue weighted by molar-refractivity contribution is 1.17. The van der Waals surface area contributed by atoms with Crippen molar-refractivity contribution in [2.24, 2.45) is 9.98 Å². The molecule has 8 bridgehead atoms. The van der Waals surface area contributed by atoms with Gasteiger partial charge in [-0.3, -0.25) is 9.98 Å². The van der Waals surface area contributed by atoms with Gasteiger partial charge in [0.15, 0.2) is 0 Å². The van der Waals surface area contributed by atoms with Crippen LogP contribution >= 0.6 is 0 Å². The smallest absolute Gasteiger partial charge is 0.0729 e. The lowest BCUT2D eigenvalue weighted by Gasteiger charge is -2.15. The molecule has 9 heterocycles. The molecule has 76 heavy (non-hydrogen) atoms. The van der Waals surface area contributed by atoms with Gasteiger partial charge in [0, 0.05) is 114 Å². The van der Waals surface area contributed by atoms with Crippen LogP contribution < -0.4 is 21.4 Å². The minimum Gasteiger partial charge on any atom is -0.361 e. The average molecular weight is 985 g/mol. The van der Waals surface area contributed by atoms with Gasteiger partial charge in [-0.05, 0) is 194 Å². The van der Waals surface area contributed by atoms with Gasteiger partial charge >= 0.3 is 0 Å². The highest BCUT2D eigenvalue weighted by Crippen LogP contribution is 2.35. The number of benzene rings is 4. The summed E-state index contributed by atoms with van der Waals surface area (Å²) in [7, 11) is 0. The summed E-state index contributed by atoms with van der Waals surface area (Å²) in [5, 5.41) is 4.01. The van der Waals surface area contributed by atoms with Gasteiger partial charge in [-0.15, -0.1) is 0 Å². The summed E-state index contributed by atoms with van der Waals surface area (Å²) in [5.41, 5.74) is 28.3. The van der Waals surface area contributed by atoms with Crippen LogP contribution in [-0.4, -0.2) is 42.3 Å². The van der Waals surface area contributed by atoms with E-state index in [0.29, 0.717) is 0 Å². The molecule has 0 radical (unpaired) electrons. The first-order chi connectivity index (χ1) is 37.1. The van der Waals surface area contributed by atoms with Crippen LogP contribution in [0.2, 0.25) is 0 Å². The van der Waals surface area contributed by atoms with Crippen molar-refractivity contribution in [3.8, 4) is 0 Å². The summed E-state index contributed by atoms with van der Waals surface area (Å²) in [6.07, 6.45) is 15.8. The first-order valence-corrected chi connectivity index (χ1v) is 26.0. The molecule has 6 N–H and O–H groups in total. The number of hydrogen-bond acceptors (Lipinski definition) is 2. The van der Waals surface area contributed by atoms with Gasteiger partial charge in [-0.25, -0.2) is 0 Å². The zero-order valence-electron chi connectivity index (χ0n) is 43.4. The van der Waals surface area contributed by atoms with Gasteiger partial charge in [0.25, 0.3) is 0 Å². The number of aromatic nitrogens is 6. The predicted molar refractivity (Wildman–Crippen MR) is 311 cm³/mol. The molecule has 13 rings (SSSR count). The third kappa shape index (κ3) is 8.12. The van der Waals surface area contributed by atoms with Crippen LogP contribution in [0.25, 0.3) is 33.4 Å². The molecule has 0 saturated carbocycles. The van der Waals surface area contributed by atoms with Crippen molar-refractivity contribution in [3.05, 3.63) is 316 Å². The zero-order chi connectivity index (χ0) is 51.6. The van der Waals surface area contributed by atoms with E-state index in [9.17, 15) is 0 Å². The number of hydrogen-bond donors (Lipinski definition) is 6. The van der Waals surface area contributed by atoms with Gasteiger partial charge in [0.05, 0.1) is 11.4 Å². The highest BCUT2D eigenvalue weighted by molar-refractivity contribution is 5.92. The summed E-state index contributed by atoms with van der Waals surface area (Å²) < 4.78 is 0. The first kappa shape index (κ1) is 46.1. The molecule has 0 amide bonds. The van der Waals surface area contributed by atoms with Crippen molar-refractivity contribution < 1.29 is 0 Å². The molecule has 0 fully saturated rings. The van der Waals surface area contributed by atoms with Crippen molar-refractivity contribution in [1.29, 1.82) is 0 Å². The summed E-state index contributed by atoms with van der Waals surface area (Å²) >= 11 is 0. The predicted octanol–water partition coefficient (Wildman–Crippen LogP) is 11.6. The number of aromatic amines is 6.